The molecule has 34 heavy (non-hydrogen) atoms. The largest absolute Gasteiger partial charge is 0.496 e. The number of alkyl halides is 3. The molecule has 8 nitrogen and oxygen atoms in total. The summed E-state index contributed by atoms with van der Waals surface area (Å²) in [6.45, 7) is 3.96. The number of aryl methyl sites for hydroxylation is 1. The van der Waals surface area contributed by atoms with Crippen LogP contribution in [0.4, 0.5) is 19.0 Å². The van der Waals surface area contributed by atoms with E-state index in [0.717, 1.165) is 4.52 Å². The van der Waals surface area contributed by atoms with Gasteiger partial charge in [-0.2, -0.15) is 17.7 Å². The van der Waals surface area contributed by atoms with E-state index in [9.17, 15) is 18.0 Å². The monoisotopic (exact) mass is 474 g/mol. The molecule has 0 N–H and O–H groups in total. The van der Waals surface area contributed by atoms with Crippen molar-refractivity contribution in [2.45, 2.75) is 31.4 Å². The van der Waals surface area contributed by atoms with Crippen molar-refractivity contribution in [1.29, 1.82) is 0 Å². The van der Waals surface area contributed by atoms with Gasteiger partial charge in [0.2, 0.25) is 0 Å². The van der Waals surface area contributed by atoms with Crippen molar-refractivity contribution < 1.29 is 27.4 Å². The van der Waals surface area contributed by atoms with Crippen LogP contribution in [-0.2, 0) is 6.18 Å². The lowest BCUT2D eigenvalue weighted by Crippen LogP contribution is -2.49. The molecule has 1 fully saturated rings. The van der Waals surface area contributed by atoms with Gasteiger partial charge in [-0.05, 0) is 43.5 Å². The number of benzene rings is 1. The Hall–Kier alpha value is -3.44. The van der Waals surface area contributed by atoms with E-state index in [1.54, 1.807) is 6.92 Å². The highest BCUT2D eigenvalue weighted by Gasteiger charge is 2.35. The Labute approximate surface area is 193 Å². The second-order valence-corrected chi connectivity index (χ2v) is 8.74. The van der Waals surface area contributed by atoms with Gasteiger partial charge >= 0.3 is 6.18 Å². The van der Waals surface area contributed by atoms with Gasteiger partial charge in [-0.15, -0.1) is 5.10 Å². The Morgan fingerprint density at radius 3 is 2.50 bits per heavy atom. The van der Waals surface area contributed by atoms with Gasteiger partial charge in [0, 0.05) is 25.2 Å². The lowest BCUT2D eigenvalue weighted by Gasteiger charge is -2.40. The fraction of sp³-hybridized carbons (Fsp3) is 0.409. The van der Waals surface area contributed by atoms with Crippen molar-refractivity contribution in [3.8, 4) is 17.2 Å². The number of aromatic nitrogens is 3. The second kappa shape index (κ2) is 8.10. The number of rotatable bonds is 3. The number of anilines is 1. The van der Waals surface area contributed by atoms with Gasteiger partial charge in [0.15, 0.2) is 36.5 Å². The summed E-state index contributed by atoms with van der Waals surface area (Å²) in [4.78, 5) is 17.9. The molecule has 5 rings (SSSR count). The molecule has 0 aliphatic carbocycles. The van der Waals surface area contributed by atoms with Crippen molar-refractivity contribution in [3.05, 3.63) is 51.9 Å². The highest BCUT2D eigenvalue weighted by Crippen LogP contribution is 2.36. The van der Waals surface area contributed by atoms with Crippen LogP contribution in [0.2, 0.25) is 0 Å². The first-order chi connectivity index (χ1) is 16.1. The fourth-order valence-electron chi connectivity index (χ4n) is 4.24. The van der Waals surface area contributed by atoms with Crippen molar-refractivity contribution in [3.63, 3.8) is 0 Å². The Bertz CT molecular complexity index is 1310. The highest BCUT2D eigenvalue weighted by molar-refractivity contribution is 6.14. The van der Waals surface area contributed by atoms with Crippen molar-refractivity contribution in [1.82, 2.24) is 14.6 Å². The van der Waals surface area contributed by atoms with Gasteiger partial charge in [0.25, 0.3) is 5.56 Å². The molecule has 0 saturated carbocycles. The van der Waals surface area contributed by atoms with E-state index in [4.69, 9.17) is 14.2 Å². The third-order valence-electron chi connectivity index (χ3n) is 6.10. The molecule has 0 amide bonds. The molecule has 2 aliphatic heterocycles. The number of hydrogen-bond donors (Lipinski definition) is 0. The molecule has 0 radical (unpaired) electrons. The van der Waals surface area contributed by atoms with Gasteiger partial charge in [0.1, 0.15) is 19.0 Å². The molecule has 2 aromatic heterocycles. The summed E-state index contributed by atoms with van der Waals surface area (Å²) in [6.07, 6.45) is -3.34. The maximum absolute atomic E-state index is 13.0. The summed E-state index contributed by atoms with van der Waals surface area (Å²) < 4.78 is 57.4. The zero-order valence-electron chi connectivity index (χ0n) is 18.7. The first kappa shape index (κ1) is 22.4. The minimum atomic E-state index is -4.70. The zero-order chi connectivity index (χ0) is 24.1. The third-order valence-corrected chi connectivity index (χ3v) is 6.10. The summed E-state index contributed by atoms with van der Waals surface area (Å²) in [7, 11) is 2.04. The molecule has 0 spiro atoms. The Kier molecular flexibility index (Phi) is 5.33. The molecule has 1 saturated heterocycles. The summed E-state index contributed by atoms with van der Waals surface area (Å²) in [5.74, 6) is 2.59. The number of hydrogen-bond acceptors (Lipinski definition) is 7. The van der Waals surface area contributed by atoms with Crippen LogP contribution in [0.25, 0.3) is 5.65 Å². The molecule has 2 aliphatic rings. The number of ether oxygens (including phenoxy) is 3. The van der Waals surface area contributed by atoms with Gasteiger partial charge in [-0.3, -0.25) is 4.79 Å². The van der Waals surface area contributed by atoms with Crippen LogP contribution < -0.4 is 24.7 Å². The molecular formula is C22H22BF3N4O4. The highest BCUT2D eigenvalue weighted by atomic mass is 19.4. The molecule has 0 unspecified atom stereocenters. The third kappa shape index (κ3) is 4.24. The van der Waals surface area contributed by atoms with Gasteiger partial charge in [-0.1, -0.05) is 0 Å². The maximum Gasteiger partial charge on any atom is 0.433 e. The van der Waals surface area contributed by atoms with E-state index in [1.165, 1.54) is 6.07 Å². The van der Waals surface area contributed by atoms with E-state index in [0.29, 0.717) is 73.8 Å². The van der Waals surface area contributed by atoms with Gasteiger partial charge < -0.3 is 19.1 Å². The predicted molar refractivity (Wildman–Crippen MR) is 120 cm³/mol. The molecule has 0 atom stereocenters. The SMILES string of the molecule is BC1(Oc2ccc3c(c2)OCCO3)CCN(c2nn3c(=O)cc(C(F)(F)F)nc3cc2C)CC1. The number of nitrogens with zero attached hydrogens (tertiary/aromatic N) is 4. The first-order valence-electron chi connectivity index (χ1n) is 10.9. The average molecular weight is 474 g/mol. The summed E-state index contributed by atoms with van der Waals surface area (Å²) >= 11 is 0. The maximum atomic E-state index is 13.0. The zero-order valence-corrected chi connectivity index (χ0v) is 18.7. The van der Waals surface area contributed by atoms with Crippen LogP contribution in [0.15, 0.2) is 35.1 Å². The van der Waals surface area contributed by atoms with Gasteiger partial charge in [0.05, 0.1) is 5.50 Å². The van der Waals surface area contributed by atoms with Gasteiger partial charge in [-0.25, -0.2) is 4.98 Å². The van der Waals surface area contributed by atoms with Crippen molar-refractivity contribution in [2.75, 3.05) is 31.2 Å². The Morgan fingerprint density at radius 2 is 1.79 bits per heavy atom. The van der Waals surface area contributed by atoms with Crippen molar-refractivity contribution >= 4 is 19.3 Å². The standard InChI is InChI=1S/C22H22BF3N4O4/c1-13-10-18-27-17(22(24,25)26)12-19(31)30(18)28-20(13)29-6-4-21(23,5-7-29)34-14-2-3-15-16(11-14)33-9-8-32-15/h2-3,10-12H,4-9,23H2,1H3. The van der Waals surface area contributed by atoms with Crippen LogP contribution in [0.3, 0.4) is 0 Å². The molecule has 178 valence electrons. The number of halogens is 3. The predicted octanol–water partition coefficient (Wildman–Crippen LogP) is 2.20. The molecule has 4 heterocycles. The van der Waals surface area contributed by atoms with Crippen LogP contribution in [0, 0.1) is 6.92 Å². The smallest absolute Gasteiger partial charge is 0.433 e. The molecule has 0 bridgehead atoms. The van der Waals surface area contributed by atoms with Crippen LogP contribution >= 0.6 is 0 Å². The average Bonchev–Trinajstić information content (AvgIpc) is 2.78. The quantitative estimate of drug-likeness (QED) is 0.539. The Morgan fingerprint density at radius 1 is 1.09 bits per heavy atom. The van der Waals surface area contributed by atoms with Crippen LogP contribution in [0.1, 0.15) is 24.1 Å². The summed E-state index contributed by atoms with van der Waals surface area (Å²) in [5, 5.41) is 4.33. The molecule has 3 aromatic rings. The van der Waals surface area contributed by atoms with E-state index in [-0.39, 0.29) is 5.65 Å². The number of fused-ring (bicyclic) bond motifs is 2. The van der Waals surface area contributed by atoms with Crippen LogP contribution in [0.5, 0.6) is 17.2 Å². The minimum Gasteiger partial charge on any atom is -0.496 e. The summed E-state index contributed by atoms with van der Waals surface area (Å²) in [6, 6.07) is 7.44. The van der Waals surface area contributed by atoms with Crippen LogP contribution in [-0.4, -0.2) is 54.2 Å². The molecular weight excluding hydrogens is 452 g/mol. The minimum absolute atomic E-state index is 0.134. The van der Waals surface area contributed by atoms with E-state index in [1.807, 2.05) is 30.9 Å². The second-order valence-electron chi connectivity index (χ2n) is 8.74. The molecule has 1 aromatic carbocycles. The normalized spacial score (nSPS) is 17.6. The lowest BCUT2D eigenvalue weighted by molar-refractivity contribution is -0.141. The lowest BCUT2D eigenvalue weighted by atomic mass is 9.73. The Balaban J connectivity index is 1.34. The molecule has 12 heteroatoms. The van der Waals surface area contributed by atoms with E-state index in [2.05, 4.69) is 10.1 Å². The first-order valence-corrected chi connectivity index (χ1v) is 10.9. The topological polar surface area (TPSA) is 78.2 Å². The van der Waals surface area contributed by atoms with E-state index < -0.39 is 22.9 Å². The fourth-order valence-corrected chi connectivity index (χ4v) is 4.24. The summed E-state index contributed by atoms with van der Waals surface area (Å²) in [5.41, 5.74) is -2.02. The van der Waals surface area contributed by atoms with E-state index >= 15 is 0 Å². The number of piperidine rings is 1. The van der Waals surface area contributed by atoms with Crippen molar-refractivity contribution in [2.24, 2.45) is 0 Å².